The van der Waals surface area contributed by atoms with E-state index in [1.807, 2.05) is 0 Å². The van der Waals surface area contributed by atoms with Gasteiger partial charge in [0.2, 0.25) is 5.82 Å². The van der Waals surface area contributed by atoms with E-state index in [-0.39, 0.29) is 10.9 Å². The second-order valence-corrected chi connectivity index (χ2v) is 10.3. The normalized spacial score (nSPS) is 16.3. The summed E-state index contributed by atoms with van der Waals surface area (Å²) in [5.74, 6) is -2.52. The average molecular weight is 521 g/mol. The lowest BCUT2D eigenvalue weighted by atomic mass is 10.0. The third-order valence-electron chi connectivity index (χ3n) is 4.95. The van der Waals surface area contributed by atoms with Gasteiger partial charge in [0.25, 0.3) is 5.91 Å². The Morgan fingerprint density at radius 3 is 2.56 bits per heavy atom. The summed E-state index contributed by atoms with van der Waals surface area (Å²) in [6.45, 7) is 1.43. The Balaban J connectivity index is 1.89. The summed E-state index contributed by atoms with van der Waals surface area (Å²) in [5, 5.41) is 5.73. The second kappa shape index (κ2) is 9.87. The van der Waals surface area contributed by atoms with E-state index >= 15 is 0 Å². The zero-order valence-electron chi connectivity index (χ0n) is 18.0. The molecule has 0 bridgehead atoms. The topological polar surface area (TPSA) is 101 Å². The number of nitrogens with one attached hydrogen (secondary N) is 2. The summed E-state index contributed by atoms with van der Waals surface area (Å²) in [5.41, 5.74) is -1.54. The van der Waals surface area contributed by atoms with Crippen LogP contribution < -0.4 is 10.6 Å². The van der Waals surface area contributed by atoms with Crippen molar-refractivity contribution >= 4 is 33.0 Å². The molecule has 1 aromatic heterocycles. The SMILES string of the molecule is C[C@H](/C=C/S(C)(=O)=O)NC(=O)c1ncc(N[C@@H](c2cccc(F)c2Cl)C2CC2)c(C(F)(F)F)n1. The second-order valence-electron chi connectivity index (χ2n) is 7.98. The zero-order chi connectivity index (χ0) is 25.3. The van der Waals surface area contributed by atoms with Crippen molar-refractivity contribution in [2.45, 2.75) is 38.0 Å². The fourth-order valence-electron chi connectivity index (χ4n) is 3.20. The minimum atomic E-state index is -4.93. The summed E-state index contributed by atoms with van der Waals surface area (Å²) in [7, 11) is -3.45. The van der Waals surface area contributed by atoms with Crippen LogP contribution in [0.2, 0.25) is 5.02 Å². The number of hydrogen-bond acceptors (Lipinski definition) is 6. The highest BCUT2D eigenvalue weighted by molar-refractivity contribution is 7.93. The molecular weight excluding hydrogens is 500 g/mol. The fourth-order valence-corrected chi connectivity index (χ4v) is 3.96. The quantitative estimate of drug-likeness (QED) is 0.496. The molecule has 0 saturated heterocycles. The lowest BCUT2D eigenvalue weighted by molar-refractivity contribution is -0.140. The fraction of sp³-hybridized carbons (Fsp3) is 0.381. The number of halogens is 5. The van der Waals surface area contributed by atoms with Crippen LogP contribution >= 0.6 is 11.6 Å². The van der Waals surface area contributed by atoms with Gasteiger partial charge in [-0.05, 0) is 37.3 Å². The van der Waals surface area contributed by atoms with Gasteiger partial charge in [-0.15, -0.1) is 0 Å². The number of nitrogens with zero attached hydrogens (tertiary/aromatic N) is 2. The van der Waals surface area contributed by atoms with Crippen molar-refractivity contribution in [3.63, 3.8) is 0 Å². The number of aromatic nitrogens is 2. The largest absolute Gasteiger partial charge is 0.435 e. The van der Waals surface area contributed by atoms with E-state index in [1.54, 1.807) is 0 Å². The van der Waals surface area contributed by atoms with Crippen LogP contribution in [-0.4, -0.2) is 36.6 Å². The van der Waals surface area contributed by atoms with Crippen molar-refractivity contribution in [3.05, 3.63) is 63.8 Å². The standard InChI is InChI=1S/C21H21ClF4N4O3S/c1-11(8-9-34(2,32)33)28-20(31)19-27-10-15(18(30-19)21(24,25)26)29-17(12-6-7-12)13-4-3-5-14(23)16(13)22/h3-5,8-12,17,29H,6-7H2,1-2H3,(H,28,31)/b9-8+/t11-,17-/m1/s1. The van der Waals surface area contributed by atoms with Gasteiger partial charge in [0, 0.05) is 17.7 Å². The summed E-state index contributed by atoms with van der Waals surface area (Å²) in [6.07, 6.45) is -0.546. The smallest absolute Gasteiger partial charge is 0.375 e. The number of alkyl halides is 3. The number of carbonyl (C=O) groups is 1. The summed E-state index contributed by atoms with van der Waals surface area (Å²) < 4.78 is 77.7. The van der Waals surface area contributed by atoms with Crippen molar-refractivity contribution in [2.24, 2.45) is 5.92 Å². The molecule has 0 spiro atoms. The van der Waals surface area contributed by atoms with Crippen LogP contribution in [0, 0.1) is 11.7 Å². The van der Waals surface area contributed by atoms with Crippen LogP contribution in [-0.2, 0) is 16.0 Å². The van der Waals surface area contributed by atoms with Crippen molar-refractivity contribution in [2.75, 3.05) is 11.6 Å². The van der Waals surface area contributed by atoms with Crippen LogP contribution in [0.15, 0.2) is 35.9 Å². The number of carbonyl (C=O) groups excluding carboxylic acids is 1. The Kier molecular flexibility index (Phi) is 7.51. The molecule has 7 nitrogen and oxygen atoms in total. The van der Waals surface area contributed by atoms with Crippen LogP contribution in [0.5, 0.6) is 0 Å². The van der Waals surface area contributed by atoms with E-state index in [2.05, 4.69) is 20.6 Å². The Morgan fingerprint density at radius 1 is 1.29 bits per heavy atom. The van der Waals surface area contributed by atoms with Crippen molar-refractivity contribution < 1.29 is 30.8 Å². The molecule has 1 fully saturated rings. The molecule has 1 heterocycles. The molecule has 34 heavy (non-hydrogen) atoms. The first kappa shape index (κ1) is 25.9. The molecule has 13 heteroatoms. The molecule has 1 saturated carbocycles. The molecule has 1 aromatic carbocycles. The van der Waals surface area contributed by atoms with Crippen molar-refractivity contribution in [3.8, 4) is 0 Å². The van der Waals surface area contributed by atoms with Gasteiger partial charge in [0.05, 0.1) is 22.9 Å². The number of anilines is 1. The molecule has 0 unspecified atom stereocenters. The van der Waals surface area contributed by atoms with Crippen LogP contribution in [0.25, 0.3) is 0 Å². The third kappa shape index (κ3) is 6.66. The molecule has 1 amide bonds. The molecule has 1 aliphatic carbocycles. The van der Waals surface area contributed by atoms with Gasteiger partial charge >= 0.3 is 6.18 Å². The van der Waals surface area contributed by atoms with Crippen LogP contribution in [0.3, 0.4) is 0 Å². The first-order valence-corrected chi connectivity index (χ1v) is 12.4. The van der Waals surface area contributed by atoms with Gasteiger partial charge in [-0.1, -0.05) is 29.8 Å². The lowest BCUT2D eigenvalue weighted by Gasteiger charge is -2.23. The van der Waals surface area contributed by atoms with E-state index in [0.29, 0.717) is 18.4 Å². The molecule has 2 aromatic rings. The van der Waals surface area contributed by atoms with Crippen molar-refractivity contribution in [1.82, 2.24) is 15.3 Å². The van der Waals surface area contributed by atoms with E-state index in [0.717, 1.165) is 30.0 Å². The molecule has 3 rings (SSSR count). The summed E-state index contributed by atoms with van der Waals surface area (Å²) in [4.78, 5) is 19.5. The maximum Gasteiger partial charge on any atom is 0.435 e. The van der Waals surface area contributed by atoms with E-state index < -0.39 is 57.0 Å². The molecule has 0 aliphatic heterocycles. The Labute approximate surface area is 198 Å². The number of sulfone groups is 1. The minimum Gasteiger partial charge on any atom is -0.375 e. The number of amides is 1. The molecular formula is C21H21ClF4N4O3S. The van der Waals surface area contributed by atoms with Crippen LogP contribution in [0.1, 0.15) is 47.7 Å². The number of hydrogen-bond donors (Lipinski definition) is 2. The molecule has 1 aliphatic rings. The first-order chi connectivity index (χ1) is 15.8. The average Bonchev–Trinajstić information content (AvgIpc) is 3.57. The number of rotatable bonds is 8. The first-order valence-electron chi connectivity index (χ1n) is 10.1. The summed E-state index contributed by atoms with van der Waals surface area (Å²) >= 11 is 6.06. The molecule has 2 N–H and O–H groups in total. The molecule has 2 atom stereocenters. The maximum atomic E-state index is 13.9. The maximum absolute atomic E-state index is 13.9. The van der Waals surface area contributed by atoms with Gasteiger partial charge in [-0.25, -0.2) is 22.8 Å². The third-order valence-corrected chi connectivity index (χ3v) is 6.00. The highest BCUT2D eigenvalue weighted by atomic mass is 35.5. The van der Waals surface area contributed by atoms with E-state index in [9.17, 15) is 30.8 Å². The van der Waals surface area contributed by atoms with Gasteiger partial charge in [0.15, 0.2) is 15.5 Å². The van der Waals surface area contributed by atoms with Gasteiger partial charge in [-0.3, -0.25) is 4.79 Å². The highest BCUT2D eigenvalue weighted by Gasteiger charge is 2.40. The van der Waals surface area contributed by atoms with Gasteiger partial charge in [0.1, 0.15) is 5.82 Å². The predicted octanol–water partition coefficient (Wildman–Crippen LogP) is 4.53. The molecule has 0 radical (unpaired) electrons. The van der Waals surface area contributed by atoms with Crippen LogP contribution in [0.4, 0.5) is 23.2 Å². The monoisotopic (exact) mass is 520 g/mol. The summed E-state index contributed by atoms with van der Waals surface area (Å²) in [6, 6.07) is 2.57. The Hall–Kier alpha value is -2.73. The highest BCUT2D eigenvalue weighted by Crippen LogP contribution is 2.46. The predicted molar refractivity (Wildman–Crippen MR) is 118 cm³/mol. The van der Waals surface area contributed by atoms with E-state index in [4.69, 9.17) is 11.6 Å². The minimum absolute atomic E-state index is 0.0640. The van der Waals surface area contributed by atoms with Crippen molar-refractivity contribution in [1.29, 1.82) is 0 Å². The van der Waals surface area contributed by atoms with Gasteiger partial charge in [-0.2, -0.15) is 13.2 Å². The molecule has 184 valence electrons. The van der Waals surface area contributed by atoms with Gasteiger partial charge < -0.3 is 10.6 Å². The number of benzene rings is 1. The van der Waals surface area contributed by atoms with E-state index in [1.165, 1.54) is 19.1 Å². The Bertz CT molecular complexity index is 1220. The zero-order valence-corrected chi connectivity index (χ0v) is 19.6. The Morgan fingerprint density at radius 2 is 1.97 bits per heavy atom. The lowest BCUT2D eigenvalue weighted by Crippen LogP contribution is -2.33.